The molecule has 0 atom stereocenters. The van der Waals surface area contributed by atoms with E-state index in [1.54, 1.807) is 0 Å². The molecule has 21 heavy (non-hydrogen) atoms. The monoisotopic (exact) mass is 291 g/mol. The van der Waals surface area contributed by atoms with E-state index in [1.807, 2.05) is 19.1 Å². The largest absolute Gasteiger partial charge is 0.493 e. The van der Waals surface area contributed by atoms with Gasteiger partial charge in [-0.1, -0.05) is 24.3 Å². The summed E-state index contributed by atoms with van der Waals surface area (Å²) in [7, 11) is 0. The highest BCUT2D eigenvalue weighted by Crippen LogP contribution is 2.30. The Balaban J connectivity index is 1.90. The first kappa shape index (κ1) is 16.0. The summed E-state index contributed by atoms with van der Waals surface area (Å²) in [6.07, 6.45) is 3.32. The lowest BCUT2D eigenvalue weighted by molar-refractivity contribution is 0.0757. The smallest absolute Gasteiger partial charge is 0.126 e. The molecule has 1 aromatic rings. The topological polar surface area (TPSA) is 41.9 Å². The van der Waals surface area contributed by atoms with Crippen LogP contribution in [0.5, 0.6) is 5.75 Å². The molecule has 0 spiro atoms. The number of benzene rings is 1. The van der Waals surface area contributed by atoms with Crippen molar-refractivity contribution >= 4 is 5.57 Å². The number of aliphatic hydroxyl groups is 1. The second-order valence-electron chi connectivity index (χ2n) is 5.05. The Morgan fingerprint density at radius 1 is 1.24 bits per heavy atom. The van der Waals surface area contributed by atoms with Crippen molar-refractivity contribution in [3.8, 4) is 5.75 Å². The minimum atomic E-state index is 0.0955. The molecule has 0 fully saturated rings. The molecule has 1 heterocycles. The Bertz CT molecular complexity index is 459. The summed E-state index contributed by atoms with van der Waals surface area (Å²) in [5.41, 5.74) is 2.59. The quantitative estimate of drug-likeness (QED) is 0.746. The third-order valence-corrected chi connectivity index (χ3v) is 3.61. The van der Waals surface area contributed by atoms with Gasteiger partial charge in [-0.05, 0) is 25.0 Å². The van der Waals surface area contributed by atoms with Gasteiger partial charge in [-0.15, -0.1) is 0 Å². The summed E-state index contributed by atoms with van der Waals surface area (Å²) in [5, 5.41) is 8.67. The van der Waals surface area contributed by atoms with Crippen molar-refractivity contribution in [1.82, 2.24) is 4.90 Å². The van der Waals surface area contributed by atoms with Gasteiger partial charge >= 0.3 is 0 Å². The number of para-hydroxylation sites is 1. The highest BCUT2D eigenvalue weighted by molar-refractivity contribution is 5.71. The van der Waals surface area contributed by atoms with Gasteiger partial charge in [-0.2, -0.15) is 0 Å². The first-order valence-electron chi connectivity index (χ1n) is 7.67. The number of ether oxygens (including phenoxy) is 2. The van der Waals surface area contributed by atoms with Gasteiger partial charge in [0, 0.05) is 25.2 Å². The van der Waals surface area contributed by atoms with Crippen molar-refractivity contribution in [2.45, 2.75) is 13.3 Å². The van der Waals surface area contributed by atoms with Crippen LogP contribution in [0.2, 0.25) is 0 Å². The zero-order valence-corrected chi connectivity index (χ0v) is 12.8. The van der Waals surface area contributed by atoms with E-state index in [0.29, 0.717) is 19.8 Å². The molecule has 1 aliphatic rings. The summed E-state index contributed by atoms with van der Waals surface area (Å²) in [6, 6.07) is 8.25. The van der Waals surface area contributed by atoms with Crippen LogP contribution in [0.15, 0.2) is 30.3 Å². The van der Waals surface area contributed by atoms with E-state index in [4.69, 9.17) is 14.6 Å². The minimum absolute atomic E-state index is 0.0955. The molecule has 1 aliphatic heterocycles. The molecule has 0 amide bonds. The zero-order valence-electron chi connectivity index (χ0n) is 12.8. The highest BCUT2D eigenvalue weighted by Gasteiger charge is 2.15. The van der Waals surface area contributed by atoms with Gasteiger partial charge in [0.1, 0.15) is 5.75 Å². The normalized spacial score (nSPS) is 15.8. The first-order valence-corrected chi connectivity index (χ1v) is 7.67. The first-order chi connectivity index (χ1) is 10.3. The number of nitrogens with zero attached hydrogens (tertiary/aromatic N) is 1. The van der Waals surface area contributed by atoms with Gasteiger partial charge in [0.25, 0.3) is 0 Å². The van der Waals surface area contributed by atoms with Crippen LogP contribution in [0.25, 0.3) is 5.57 Å². The summed E-state index contributed by atoms with van der Waals surface area (Å²) in [4.78, 5) is 2.37. The second kappa shape index (κ2) is 8.82. The van der Waals surface area contributed by atoms with E-state index < -0.39 is 0 Å². The van der Waals surface area contributed by atoms with E-state index in [1.165, 1.54) is 11.1 Å². The van der Waals surface area contributed by atoms with Gasteiger partial charge in [-0.3, -0.25) is 4.90 Å². The molecule has 0 saturated carbocycles. The molecular formula is C17H25NO3. The average Bonchev–Trinajstić information content (AvgIpc) is 2.53. The van der Waals surface area contributed by atoms with Crippen LogP contribution in [-0.2, 0) is 4.74 Å². The number of hydrogen-bond donors (Lipinski definition) is 1. The minimum Gasteiger partial charge on any atom is -0.493 e. The Kier molecular flexibility index (Phi) is 6.73. The Hall–Kier alpha value is -1.36. The molecule has 1 N–H and O–H groups in total. The third-order valence-electron chi connectivity index (χ3n) is 3.61. The van der Waals surface area contributed by atoms with E-state index in [9.17, 15) is 0 Å². The fraction of sp³-hybridized carbons (Fsp3) is 0.529. The molecule has 0 aromatic heterocycles. The van der Waals surface area contributed by atoms with Crippen LogP contribution in [0.4, 0.5) is 0 Å². The summed E-state index contributed by atoms with van der Waals surface area (Å²) < 4.78 is 11.0. The molecule has 0 aliphatic carbocycles. The Labute approximate surface area is 127 Å². The molecule has 4 heteroatoms. The Morgan fingerprint density at radius 3 is 2.81 bits per heavy atom. The maximum atomic E-state index is 8.67. The van der Waals surface area contributed by atoms with Crippen molar-refractivity contribution in [2.24, 2.45) is 0 Å². The van der Waals surface area contributed by atoms with Crippen LogP contribution in [0.3, 0.4) is 0 Å². The van der Waals surface area contributed by atoms with Gasteiger partial charge in [0.05, 0.1) is 26.4 Å². The highest BCUT2D eigenvalue weighted by atomic mass is 16.5. The van der Waals surface area contributed by atoms with Gasteiger partial charge < -0.3 is 14.6 Å². The molecule has 1 aromatic carbocycles. The van der Waals surface area contributed by atoms with Crippen LogP contribution in [0.1, 0.15) is 18.9 Å². The predicted molar refractivity (Wildman–Crippen MR) is 84.5 cm³/mol. The molecule has 0 unspecified atom stereocenters. The standard InChI is InChI=1S/C17H25NO3/c1-2-21-17-6-4-3-5-16(17)15-7-9-18(10-8-15)11-13-20-14-12-19/h3-7,19H,2,8-14H2,1H3. The average molecular weight is 291 g/mol. The van der Waals surface area contributed by atoms with Gasteiger partial charge in [0.2, 0.25) is 0 Å². The van der Waals surface area contributed by atoms with Crippen LogP contribution in [-0.4, -0.2) is 56.1 Å². The molecule has 116 valence electrons. The van der Waals surface area contributed by atoms with Crippen molar-refractivity contribution < 1.29 is 14.6 Å². The number of rotatable bonds is 8. The van der Waals surface area contributed by atoms with Crippen LogP contribution >= 0.6 is 0 Å². The summed E-state index contributed by atoms with van der Waals surface area (Å²) >= 11 is 0. The molecule has 0 bridgehead atoms. The van der Waals surface area contributed by atoms with Crippen LogP contribution in [0, 0.1) is 0 Å². The molecular weight excluding hydrogens is 266 g/mol. The zero-order chi connectivity index (χ0) is 14.9. The fourth-order valence-corrected chi connectivity index (χ4v) is 2.53. The van der Waals surface area contributed by atoms with E-state index >= 15 is 0 Å². The van der Waals surface area contributed by atoms with Crippen molar-refractivity contribution in [2.75, 3.05) is 46.1 Å². The summed E-state index contributed by atoms with van der Waals surface area (Å²) in [5.74, 6) is 0.978. The lowest BCUT2D eigenvalue weighted by Crippen LogP contribution is -2.32. The second-order valence-corrected chi connectivity index (χ2v) is 5.05. The van der Waals surface area contributed by atoms with E-state index in [2.05, 4.69) is 23.1 Å². The van der Waals surface area contributed by atoms with Crippen molar-refractivity contribution in [1.29, 1.82) is 0 Å². The number of aliphatic hydroxyl groups excluding tert-OH is 1. The van der Waals surface area contributed by atoms with Gasteiger partial charge in [0.15, 0.2) is 0 Å². The lowest BCUT2D eigenvalue weighted by Gasteiger charge is -2.26. The maximum absolute atomic E-state index is 8.67. The van der Waals surface area contributed by atoms with E-state index in [-0.39, 0.29) is 6.61 Å². The molecule has 4 nitrogen and oxygen atoms in total. The number of hydrogen-bond acceptors (Lipinski definition) is 4. The molecule has 0 radical (unpaired) electrons. The molecule has 0 saturated heterocycles. The predicted octanol–water partition coefficient (Wildman–Crippen LogP) is 2.18. The Morgan fingerprint density at radius 2 is 2.10 bits per heavy atom. The summed E-state index contributed by atoms with van der Waals surface area (Å²) in [6.45, 7) is 6.80. The van der Waals surface area contributed by atoms with Crippen molar-refractivity contribution in [3.05, 3.63) is 35.9 Å². The SMILES string of the molecule is CCOc1ccccc1C1=CCN(CCOCCO)CC1. The molecule has 2 rings (SSSR count). The third kappa shape index (κ3) is 4.84. The van der Waals surface area contributed by atoms with Gasteiger partial charge in [-0.25, -0.2) is 0 Å². The van der Waals surface area contributed by atoms with Crippen LogP contribution < -0.4 is 4.74 Å². The fourth-order valence-electron chi connectivity index (χ4n) is 2.53. The van der Waals surface area contributed by atoms with Crippen molar-refractivity contribution in [3.63, 3.8) is 0 Å². The maximum Gasteiger partial charge on any atom is 0.126 e. The lowest BCUT2D eigenvalue weighted by atomic mass is 9.98. The van der Waals surface area contributed by atoms with E-state index in [0.717, 1.165) is 31.8 Å².